The molecule has 0 spiro atoms. The van der Waals surface area contributed by atoms with Gasteiger partial charge in [-0.3, -0.25) is 4.79 Å². The Morgan fingerprint density at radius 2 is 1.44 bits per heavy atom. The predicted octanol–water partition coefficient (Wildman–Crippen LogP) is 2.70. The van der Waals surface area contributed by atoms with Crippen molar-refractivity contribution in [2.45, 2.75) is 31.2 Å². The van der Waals surface area contributed by atoms with Gasteiger partial charge in [0.2, 0.25) is 5.91 Å². The van der Waals surface area contributed by atoms with Gasteiger partial charge >= 0.3 is 6.09 Å². The second-order valence-electron chi connectivity index (χ2n) is 6.45. The molecule has 0 radical (unpaired) electrons. The van der Waals surface area contributed by atoms with Gasteiger partial charge in [0.1, 0.15) is 0 Å². The van der Waals surface area contributed by atoms with Crippen LogP contribution in [0, 0.1) is 0 Å². The molecule has 1 atom stereocenters. The normalized spacial score (nSPS) is 11.8. The van der Waals surface area contributed by atoms with Crippen molar-refractivity contribution in [2.24, 2.45) is 5.73 Å². The molecule has 2 aromatic rings. The van der Waals surface area contributed by atoms with E-state index in [-0.39, 0.29) is 11.8 Å². The summed E-state index contributed by atoms with van der Waals surface area (Å²) in [6, 6.07) is 19.5. The van der Waals surface area contributed by atoms with E-state index in [1.807, 2.05) is 36.4 Å². The van der Waals surface area contributed by atoms with Gasteiger partial charge in [-0.25, -0.2) is 4.79 Å². The van der Waals surface area contributed by atoms with E-state index < -0.39 is 12.1 Å². The molecule has 0 saturated heterocycles. The third-order valence-corrected chi connectivity index (χ3v) is 4.44. The van der Waals surface area contributed by atoms with Crippen molar-refractivity contribution >= 4 is 12.0 Å². The van der Waals surface area contributed by atoms with Crippen molar-refractivity contribution in [2.75, 3.05) is 13.1 Å². The molecule has 0 fully saturated rings. The van der Waals surface area contributed by atoms with Gasteiger partial charge in [0.05, 0.1) is 6.04 Å². The van der Waals surface area contributed by atoms with Gasteiger partial charge in [-0.05, 0) is 30.4 Å². The highest BCUT2D eigenvalue weighted by Gasteiger charge is 2.18. The number of unbranched alkanes of at least 4 members (excludes halogenated alkanes) is 1. The van der Waals surface area contributed by atoms with Crippen LogP contribution in [-0.4, -0.2) is 36.2 Å². The summed E-state index contributed by atoms with van der Waals surface area (Å²) in [5.41, 5.74) is 8.25. The van der Waals surface area contributed by atoms with Crippen LogP contribution in [0.25, 0.3) is 0 Å². The highest BCUT2D eigenvalue weighted by atomic mass is 16.4. The van der Waals surface area contributed by atoms with E-state index in [2.05, 4.69) is 34.9 Å². The molecule has 2 amide bonds. The summed E-state index contributed by atoms with van der Waals surface area (Å²) in [4.78, 5) is 22.7. The lowest BCUT2D eigenvalue weighted by atomic mass is 9.91. The number of amides is 2. The zero-order chi connectivity index (χ0) is 19.5. The summed E-state index contributed by atoms with van der Waals surface area (Å²) in [5, 5.41) is 13.8. The van der Waals surface area contributed by atoms with Crippen molar-refractivity contribution < 1.29 is 14.7 Å². The monoisotopic (exact) mass is 369 g/mol. The van der Waals surface area contributed by atoms with E-state index >= 15 is 0 Å². The number of carboxylic acid groups (broad SMARTS) is 1. The van der Waals surface area contributed by atoms with Gasteiger partial charge in [-0.1, -0.05) is 60.7 Å². The highest BCUT2D eigenvalue weighted by molar-refractivity contribution is 5.81. The minimum atomic E-state index is -1.04. The summed E-state index contributed by atoms with van der Waals surface area (Å²) in [6.07, 6.45) is 0.832. The van der Waals surface area contributed by atoms with E-state index in [0.717, 1.165) is 11.1 Å². The van der Waals surface area contributed by atoms with Crippen LogP contribution in [0.3, 0.4) is 0 Å². The van der Waals surface area contributed by atoms with Gasteiger partial charge < -0.3 is 21.5 Å². The lowest BCUT2D eigenvalue weighted by Gasteiger charge is -2.20. The highest BCUT2D eigenvalue weighted by Crippen LogP contribution is 2.23. The Hall–Kier alpha value is -2.86. The standard InChI is InChI=1S/C21H27N3O3/c22-19(13-7-8-14-23-21(26)27)20(25)24-15-18(16-9-3-1-4-10-16)17-11-5-2-6-12-17/h1-6,9-12,18-19,23H,7-8,13-15,22H2,(H,24,25)(H,26,27)/t19-/m1/s1. The number of hydrogen-bond donors (Lipinski definition) is 4. The van der Waals surface area contributed by atoms with E-state index in [1.165, 1.54) is 0 Å². The molecule has 2 aromatic carbocycles. The lowest BCUT2D eigenvalue weighted by Crippen LogP contribution is -2.42. The molecule has 0 aliphatic carbocycles. The molecular weight excluding hydrogens is 342 g/mol. The Labute approximate surface area is 159 Å². The predicted molar refractivity (Wildman–Crippen MR) is 106 cm³/mol. The Bertz CT molecular complexity index is 668. The second kappa shape index (κ2) is 11.0. The molecule has 0 unspecified atom stereocenters. The first kappa shape index (κ1) is 20.5. The third kappa shape index (κ3) is 7.11. The summed E-state index contributed by atoms with van der Waals surface area (Å²) >= 11 is 0. The second-order valence-corrected chi connectivity index (χ2v) is 6.45. The summed E-state index contributed by atoms with van der Waals surface area (Å²) in [5.74, 6) is -0.124. The van der Waals surface area contributed by atoms with Crippen molar-refractivity contribution in [3.05, 3.63) is 71.8 Å². The summed E-state index contributed by atoms with van der Waals surface area (Å²) in [7, 11) is 0. The minimum absolute atomic E-state index is 0.0586. The van der Waals surface area contributed by atoms with Gasteiger partial charge in [-0.2, -0.15) is 0 Å². The topological polar surface area (TPSA) is 104 Å². The lowest BCUT2D eigenvalue weighted by molar-refractivity contribution is -0.122. The number of carbonyl (C=O) groups excluding carboxylic acids is 1. The first-order valence-corrected chi connectivity index (χ1v) is 9.18. The van der Waals surface area contributed by atoms with Crippen LogP contribution in [0.5, 0.6) is 0 Å². The fourth-order valence-corrected chi connectivity index (χ4v) is 2.95. The fourth-order valence-electron chi connectivity index (χ4n) is 2.95. The summed E-state index contributed by atoms with van der Waals surface area (Å²) in [6.45, 7) is 0.842. The molecule has 0 bridgehead atoms. The number of hydrogen-bond acceptors (Lipinski definition) is 3. The van der Waals surface area contributed by atoms with Crippen LogP contribution >= 0.6 is 0 Å². The Morgan fingerprint density at radius 1 is 0.889 bits per heavy atom. The zero-order valence-corrected chi connectivity index (χ0v) is 15.3. The molecule has 0 aliphatic heterocycles. The smallest absolute Gasteiger partial charge is 0.404 e. The molecule has 144 valence electrons. The average Bonchev–Trinajstić information content (AvgIpc) is 2.69. The van der Waals surface area contributed by atoms with Crippen LogP contribution < -0.4 is 16.4 Å². The third-order valence-electron chi connectivity index (χ3n) is 4.44. The number of carbonyl (C=O) groups is 2. The fraction of sp³-hybridized carbons (Fsp3) is 0.333. The number of rotatable bonds is 10. The molecule has 5 N–H and O–H groups in total. The number of nitrogens with one attached hydrogen (secondary N) is 2. The molecule has 27 heavy (non-hydrogen) atoms. The van der Waals surface area contributed by atoms with E-state index in [0.29, 0.717) is 32.4 Å². The van der Waals surface area contributed by atoms with Crippen LogP contribution in [0.15, 0.2) is 60.7 Å². The van der Waals surface area contributed by atoms with Crippen LogP contribution in [0.2, 0.25) is 0 Å². The Balaban J connectivity index is 1.87. The van der Waals surface area contributed by atoms with Crippen molar-refractivity contribution in [1.82, 2.24) is 10.6 Å². The van der Waals surface area contributed by atoms with Gasteiger partial charge in [0.15, 0.2) is 0 Å². The molecule has 0 aromatic heterocycles. The van der Waals surface area contributed by atoms with Crippen LogP contribution in [0.1, 0.15) is 36.3 Å². The van der Waals surface area contributed by atoms with Crippen LogP contribution in [0.4, 0.5) is 4.79 Å². The van der Waals surface area contributed by atoms with Crippen molar-refractivity contribution in [3.63, 3.8) is 0 Å². The maximum atomic E-state index is 12.3. The average molecular weight is 369 g/mol. The first-order valence-electron chi connectivity index (χ1n) is 9.18. The number of nitrogens with two attached hydrogens (primary N) is 1. The molecule has 0 aliphatic rings. The maximum Gasteiger partial charge on any atom is 0.404 e. The van der Waals surface area contributed by atoms with E-state index in [4.69, 9.17) is 10.8 Å². The molecule has 0 heterocycles. The first-order chi connectivity index (χ1) is 13.1. The minimum Gasteiger partial charge on any atom is -0.465 e. The molecule has 6 nitrogen and oxygen atoms in total. The molecule has 6 heteroatoms. The Morgan fingerprint density at radius 3 is 1.96 bits per heavy atom. The van der Waals surface area contributed by atoms with Gasteiger partial charge in [0.25, 0.3) is 0 Å². The molecular formula is C21H27N3O3. The van der Waals surface area contributed by atoms with Gasteiger partial charge in [-0.15, -0.1) is 0 Å². The molecule has 0 saturated carbocycles. The van der Waals surface area contributed by atoms with Crippen molar-refractivity contribution in [1.29, 1.82) is 0 Å². The largest absolute Gasteiger partial charge is 0.465 e. The van der Waals surface area contributed by atoms with Gasteiger partial charge in [0, 0.05) is 19.0 Å². The maximum absolute atomic E-state index is 12.3. The Kier molecular flexibility index (Phi) is 8.32. The molecule has 2 rings (SSSR count). The summed E-state index contributed by atoms with van der Waals surface area (Å²) < 4.78 is 0. The SMILES string of the molecule is N[C@H](CCCCNC(=O)O)C(=O)NCC(c1ccccc1)c1ccccc1. The number of benzene rings is 2. The van der Waals surface area contributed by atoms with Crippen LogP contribution in [-0.2, 0) is 4.79 Å². The van der Waals surface area contributed by atoms with E-state index in [1.54, 1.807) is 0 Å². The zero-order valence-electron chi connectivity index (χ0n) is 15.3. The van der Waals surface area contributed by atoms with Crippen molar-refractivity contribution in [3.8, 4) is 0 Å². The quantitative estimate of drug-likeness (QED) is 0.483. The van der Waals surface area contributed by atoms with E-state index in [9.17, 15) is 9.59 Å².